The van der Waals surface area contributed by atoms with E-state index < -0.39 is 5.41 Å². The summed E-state index contributed by atoms with van der Waals surface area (Å²) in [5.74, 6) is 0. The van der Waals surface area contributed by atoms with Crippen molar-refractivity contribution in [2.24, 2.45) is 0 Å². The molecule has 0 amide bonds. The van der Waals surface area contributed by atoms with Gasteiger partial charge in [-0.05, 0) is 150 Å². The van der Waals surface area contributed by atoms with Crippen molar-refractivity contribution in [3.8, 4) is 11.1 Å². The molecule has 0 spiro atoms. The lowest BCUT2D eigenvalue weighted by Gasteiger charge is -2.36. The van der Waals surface area contributed by atoms with E-state index in [0.717, 1.165) is 88.8 Å². The number of hydrogen-bond donors (Lipinski definition) is 0. The predicted molar refractivity (Wildman–Crippen MR) is 340 cm³/mol. The maximum Gasteiger partial charge on any atom is 0.159 e. The lowest BCUT2D eigenvalue weighted by molar-refractivity contribution is 0.590. The molecular weight excluding hydrogens is 985 g/mol. The van der Waals surface area contributed by atoms with Crippen LogP contribution in [0.2, 0.25) is 0 Å². The Morgan fingerprint density at radius 3 is 1.09 bits per heavy atom. The van der Waals surface area contributed by atoms with E-state index in [9.17, 15) is 0 Å². The third kappa shape index (κ3) is 7.57. The molecule has 0 bridgehead atoms. The highest BCUT2D eigenvalue weighted by Crippen LogP contribution is 2.61. The van der Waals surface area contributed by atoms with Gasteiger partial charge in [0.25, 0.3) is 0 Å². The van der Waals surface area contributed by atoms with Gasteiger partial charge in [0.05, 0.1) is 16.8 Å². The van der Waals surface area contributed by atoms with Crippen LogP contribution in [-0.4, -0.2) is 0 Å². The Labute approximate surface area is 472 Å². The van der Waals surface area contributed by atoms with Gasteiger partial charge < -0.3 is 18.6 Å². The highest BCUT2D eigenvalue weighted by Gasteiger charge is 2.48. The molecule has 2 heterocycles. The van der Waals surface area contributed by atoms with E-state index in [2.05, 4.69) is 294 Å². The van der Waals surface area contributed by atoms with Crippen LogP contribution in [0.3, 0.4) is 0 Å². The zero-order chi connectivity index (χ0) is 54.8. The second-order valence-corrected chi connectivity index (χ2v) is 24.0. The van der Waals surface area contributed by atoms with E-state index in [1.54, 1.807) is 0 Å². The van der Waals surface area contributed by atoms with E-state index in [1.807, 2.05) is 12.1 Å². The first-order valence-electron chi connectivity index (χ1n) is 28.3. The molecule has 390 valence electrons. The van der Waals surface area contributed by atoms with Gasteiger partial charge in [-0.1, -0.05) is 224 Å². The Morgan fingerprint density at radius 1 is 0.309 bits per heavy atom. The summed E-state index contributed by atoms with van der Waals surface area (Å²) in [6.07, 6.45) is 0. The van der Waals surface area contributed by atoms with Gasteiger partial charge in [-0.15, -0.1) is 0 Å². The first kappa shape index (κ1) is 48.5. The second-order valence-electron chi connectivity index (χ2n) is 24.0. The molecule has 81 heavy (non-hydrogen) atoms. The zero-order valence-electron chi connectivity index (χ0n) is 46.5. The van der Waals surface area contributed by atoms with Crippen LogP contribution < -0.4 is 9.80 Å². The summed E-state index contributed by atoms with van der Waals surface area (Å²) in [6, 6.07) is 93.9. The lowest BCUT2D eigenvalue weighted by atomic mass is 9.66. The van der Waals surface area contributed by atoms with E-state index >= 15 is 0 Å². The Bertz CT molecular complexity index is 4460. The van der Waals surface area contributed by atoms with Crippen molar-refractivity contribution in [2.75, 3.05) is 9.80 Å². The highest BCUT2D eigenvalue weighted by molar-refractivity contribution is 6.13. The van der Waals surface area contributed by atoms with Crippen molar-refractivity contribution >= 4 is 99.5 Å². The fourth-order valence-corrected chi connectivity index (χ4v) is 13.3. The normalized spacial score (nSPS) is 13.2. The Hall–Kier alpha value is -9.64. The monoisotopic (exact) mass is 1040 g/mol. The number of rotatable bonds is 8. The number of fused-ring (bicyclic) bond motifs is 13. The van der Waals surface area contributed by atoms with Crippen LogP contribution >= 0.6 is 0 Å². The molecule has 4 nitrogen and oxygen atoms in total. The Morgan fingerprint density at radius 2 is 0.679 bits per heavy atom. The van der Waals surface area contributed by atoms with Gasteiger partial charge in [-0.25, -0.2) is 0 Å². The minimum atomic E-state index is -0.695. The SMILES string of the molecule is CC(C)(C)c1ccc(N(c2ccc3c4c(ccc3c2)-c2ccc3cc(N(c5ccc(C(C)(C)C)cc5)c5cccc6c5oc5ccccc56)ccc3c2C4(c2ccccc2)c2ccccc2)c2cccc3c2oc2ccccc23)cc1. The van der Waals surface area contributed by atoms with Crippen LogP contribution in [0.5, 0.6) is 0 Å². The first-order valence-corrected chi connectivity index (χ1v) is 28.3. The molecule has 4 heteroatoms. The van der Waals surface area contributed by atoms with Crippen molar-refractivity contribution in [1.29, 1.82) is 0 Å². The summed E-state index contributed by atoms with van der Waals surface area (Å²) in [5.41, 5.74) is 19.1. The molecule has 0 saturated heterocycles. The smallest absolute Gasteiger partial charge is 0.159 e. The lowest BCUT2D eigenvalue weighted by Crippen LogP contribution is -2.29. The van der Waals surface area contributed by atoms with Crippen LogP contribution in [0.15, 0.2) is 264 Å². The van der Waals surface area contributed by atoms with E-state index in [0.29, 0.717) is 0 Å². The number of nitrogens with zero attached hydrogens (tertiary/aromatic N) is 2. The first-order chi connectivity index (χ1) is 39.4. The van der Waals surface area contributed by atoms with Crippen LogP contribution in [0.4, 0.5) is 34.1 Å². The molecule has 2 aromatic heterocycles. The zero-order valence-corrected chi connectivity index (χ0v) is 46.5. The predicted octanol–water partition coefficient (Wildman–Crippen LogP) is 21.7. The summed E-state index contributed by atoms with van der Waals surface area (Å²) in [4.78, 5) is 4.75. The van der Waals surface area contributed by atoms with Gasteiger partial charge in [0.15, 0.2) is 11.2 Å². The Kier molecular flexibility index (Phi) is 10.9. The third-order valence-corrected chi connectivity index (χ3v) is 17.2. The molecule has 15 rings (SSSR count). The number of furan rings is 2. The molecular formula is C77H60N2O2. The van der Waals surface area contributed by atoms with Crippen LogP contribution in [0.1, 0.15) is 74.9 Å². The molecule has 0 unspecified atom stereocenters. The molecule has 0 radical (unpaired) electrons. The number of hydrogen-bond acceptors (Lipinski definition) is 4. The average Bonchev–Trinajstić information content (AvgIpc) is 4.39. The third-order valence-electron chi connectivity index (χ3n) is 17.2. The minimum Gasteiger partial charge on any atom is -0.454 e. The molecule has 0 aliphatic heterocycles. The fourth-order valence-electron chi connectivity index (χ4n) is 13.3. The van der Waals surface area contributed by atoms with Gasteiger partial charge in [-0.2, -0.15) is 0 Å². The molecule has 0 N–H and O–H groups in total. The summed E-state index contributed by atoms with van der Waals surface area (Å²) >= 11 is 0. The van der Waals surface area contributed by atoms with Crippen molar-refractivity contribution < 1.29 is 8.83 Å². The van der Waals surface area contributed by atoms with E-state index in [1.165, 1.54) is 55.3 Å². The quantitative estimate of drug-likeness (QED) is 0.152. The number of anilines is 6. The topological polar surface area (TPSA) is 32.8 Å². The van der Waals surface area contributed by atoms with Crippen LogP contribution in [-0.2, 0) is 16.2 Å². The average molecular weight is 1050 g/mol. The molecule has 0 fully saturated rings. The van der Waals surface area contributed by atoms with Gasteiger partial charge >= 0.3 is 0 Å². The van der Waals surface area contributed by atoms with Crippen molar-refractivity contribution in [3.05, 3.63) is 288 Å². The van der Waals surface area contributed by atoms with Crippen molar-refractivity contribution in [1.82, 2.24) is 0 Å². The van der Waals surface area contributed by atoms with Crippen LogP contribution in [0, 0.1) is 0 Å². The highest BCUT2D eigenvalue weighted by atomic mass is 16.3. The summed E-state index contributed by atoms with van der Waals surface area (Å²) in [7, 11) is 0. The largest absolute Gasteiger partial charge is 0.454 e. The van der Waals surface area contributed by atoms with Crippen LogP contribution in [0.25, 0.3) is 76.5 Å². The van der Waals surface area contributed by atoms with E-state index in [4.69, 9.17) is 8.83 Å². The maximum atomic E-state index is 6.79. The van der Waals surface area contributed by atoms with Gasteiger partial charge in [-0.3, -0.25) is 0 Å². The summed E-state index contributed by atoms with van der Waals surface area (Å²) < 4.78 is 13.6. The fraction of sp³-hybridized carbons (Fsp3) is 0.117. The summed E-state index contributed by atoms with van der Waals surface area (Å²) in [6.45, 7) is 13.6. The molecule has 1 aliphatic carbocycles. The Balaban J connectivity index is 0.951. The number of para-hydroxylation sites is 4. The minimum absolute atomic E-state index is 0.00526. The maximum absolute atomic E-state index is 6.79. The molecule has 0 saturated carbocycles. The van der Waals surface area contributed by atoms with Gasteiger partial charge in [0.1, 0.15) is 11.2 Å². The molecule has 1 aliphatic rings. The molecule has 12 aromatic carbocycles. The van der Waals surface area contributed by atoms with Crippen molar-refractivity contribution in [2.45, 2.75) is 57.8 Å². The van der Waals surface area contributed by atoms with Gasteiger partial charge in [0.2, 0.25) is 0 Å². The standard InChI is InChI=1S/C77H60N2O2/c1-75(2,3)51-33-37-55(38-34-51)78(67-27-17-25-65-61-23-13-15-29-69(61)80-73(65)67)57-41-45-59-49(47-57)31-43-63-64-44-32-50-48-58(42-46-60(50)72(64)77(71(59)63,53-19-9-7-10-20-53)54-21-11-8-12-22-54)79(56-39-35-52(36-40-56)76(4,5)6)68-28-18-26-66-62-24-14-16-30-70(62)81-74(66)68/h7-48H,1-6H3. The molecule has 14 aromatic rings. The number of benzene rings is 12. The molecule has 0 atom stereocenters. The second kappa shape index (κ2) is 18.2. The summed E-state index contributed by atoms with van der Waals surface area (Å²) in [5, 5.41) is 9.13. The van der Waals surface area contributed by atoms with E-state index in [-0.39, 0.29) is 10.8 Å². The van der Waals surface area contributed by atoms with Gasteiger partial charge in [0, 0.05) is 44.3 Å². The van der Waals surface area contributed by atoms with Crippen molar-refractivity contribution in [3.63, 3.8) is 0 Å².